The second kappa shape index (κ2) is 24.7. The summed E-state index contributed by atoms with van der Waals surface area (Å²) in [4.78, 5) is 26.5. The zero-order chi connectivity index (χ0) is 52.1. The monoisotopic (exact) mass is 1020 g/mol. The summed E-state index contributed by atoms with van der Waals surface area (Å²) in [6, 6.07) is 20.2. The Balaban J connectivity index is 1.15. The topological polar surface area (TPSA) is 116 Å². The standard InChI is InChI=1S/C53H53F9O10/c1-4-7-9-11-33-13-19-41(47(25-33)71-52(57,58)59)43-27-35-15-17-39(29-45(35)69-49(43)63)66-23-21-38(68-32-37(31-65-6-3)51(54,55)56)22-24-67-40-18-16-36-28-44(50(64)70-46(36)30-40)42-20-14-34(12-10-8-5-2)26-48(42)72-53(60,61)62/h6,13-20,25-30,37-38H,3-5,7-12,21-24,31-32H2,1-2H3. The van der Waals surface area contributed by atoms with Crippen LogP contribution in [0.2, 0.25) is 0 Å². The third-order valence-corrected chi connectivity index (χ3v) is 11.5. The molecule has 72 heavy (non-hydrogen) atoms. The van der Waals surface area contributed by atoms with Crippen LogP contribution < -0.4 is 30.2 Å². The largest absolute Gasteiger partial charge is 0.573 e. The van der Waals surface area contributed by atoms with Gasteiger partial charge in [0.1, 0.15) is 46.7 Å². The fraction of sp³-hybridized carbons (Fsp3) is 0.396. The molecule has 0 fully saturated rings. The molecular formula is C53H53F9O10. The summed E-state index contributed by atoms with van der Waals surface area (Å²) in [5, 5.41) is 0.696. The highest BCUT2D eigenvalue weighted by Gasteiger charge is 2.41. The number of alkyl halides is 9. The molecule has 0 aliphatic rings. The van der Waals surface area contributed by atoms with E-state index < -0.39 is 66.9 Å². The molecule has 2 aromatic heterocycles. The van der Waals surface area contributed by atoms with Crippen molar-refractivity contribution in [3.63, 3.8) is 0 Å². The van der Waals surface area contributed by atoms with Crippen molar-refractivity contribution in [3.8, 4) is 45.3 Å². The van der Waals surface area contributed by atoms with Crippen LogP contribution in [0.5, 0.6) is 23.0 Å². The van der Waals surface area contributed by atoms with Crippen LogP contribution in [-0.2, 0) is 22.3 Å². The number of halogens is 9. The lowest BCUT2D eigenvalue weighted by Gasteiger charge is -2.24. The Labute approximate surface area is 408 Å². The molecule has 388 valence electrons. The minimum Gasteiger partial charge on any atom is -0.501 e. The van der Waals surface area contributed by atoms with Gasteiger partial charge in [0, 0.05) is 46.9 Å². The fourth-order valence-corrected chi connectivity index (χ4v) is 7.81. The first-order valence-electron chi connectivity index (χ1n) is 23.3. The number of aryl methyl sites for hydroxylation is 2. The lowest BCUT2D eigenvalue weighted by atomic mass is 10.00. The van der Waals surface area contributed by atoms with Gasteiger partial charge in [-0.25, -0.2) is 9.59 Å². The van der Waals surface area contributed by atoms with Crippen LogP contribution in [0.25, 0.3) is 44.2 Å². The highest BCUT2D eigenvalue weighted by molar-refractivity contribution is 5.85. The zero-order valence-corrected chi connectivity index (χ0v) is 39.4. The quantitative estimate of drug-likeness (QED) is 0.0225. The van der Waals surface area contributed by atoms with E-state index in [1.165, 1.54) is 72.8 Å². The molecular weight excluding hydrogens is 968 g/mol. The van der Waals surface area contributed by atoms with Gasteiger partial charge in [0.2, 0.25) is 0 Å². The van der Waals surface area contributed by atoms with E-state index in [0.29, 0.717) is 34.7 Å². The summed E-state index contributed by atoms with van der Waals surface area (Å²) in [5.41, 5.74) is -1.13. The van der Waals surface area contributed by atoms with E-state index in [1.54, 1.807) is 12.1 Å². The molecule has 6 rings (SSSR count). The van der Waals surface area contributed by atoms with Crippen molar-refractivity contribution in [1.29, 1.82) is 0 Å². The molecule has 0 spiro atoms. The van der Waals surface area contributed by atoms with Gasteiger partial charge in [-0.2, -0.15) is 13.2 Å². The number of rotatable bonds is 26. The number of unbranched alkanes of at least 4 members (excludes halogenated alkanes) is 4. The molecule has 2 heterocycles. The van der Waals surface area contributed by atoms with E-state index in [2.05, 4.69) is 16.1 Å². The second-order valence-electron chi connectivity index (χ2n) is 16.9. The van der Waals surface area contributed by atoms with E-state index in [4.69, 9.17) is 27.8 Å². The Morgan fingerprint density at radius 1 is 0.569 bits per heavy atom. The Hall–Kier alpha value is -6.63. The average molecular weight is 1020 g/mol. The number of ether oxygens (including phenoxy) is 6. The molecule has 4 aromatic carbocycles. The average Bonchev–Trinajstić information content (AvgIpc) is 3.30. The molecule has 19 heteroatoms. The molecule has 1 atom stereocenters. The van der Waals surface area contributed by atoms with E-state index in [9.17, 15) is 49.1 Å². The van der Waals surface area contributed by atoms with Crippen LogP contribution >= 0.6 is 0 Å². The summed E-state index contributed by atoms with van der Waals surface area (Å²) in [7, 11) is 0. The van der Waals surface area contributed by atoms with Crippen LogP contribution in [0.3, 0.4) is 0 Å². The maximum absolute atomic E-state index is 13.9. The summed E-state index contributed by atoms with van der Waals surface area (Å²) >= 11 is 0. The van der Waals surface area contributed by atoms with E-state index >= 15 is 0 Å². The van der Waals surface area contributed by atoms with Gasteiger partial charge in [0.25, 0.3) is 0 Å². The molecule has 0 saturated carbocycles. The molecule has 1 unspecified atom stereocenters. The molecule has 0 aliphatic carbocycles. The van der Waals surface area contributed by atoms with Crippen LogP contribution in [0, 0.1) is 5.92 Å². The van der Waals surface area contributed by atoms with Crippen molar-refractivity contribution in [2.45, 2.75) is 103 Å². The van der Waals surface area contributed by atoms with Gasteiger partial charge >= 0.3 is 30.2 Å². The highest BCUT2D eigenvalue weighted by atomic mass is 19.4. The predicted molar refractivity (Wildman–Crippen MR) is 251 cm³/mol. The summed E-state index contributed by atoms with van der Waals surface area (Å²) < 4.78 is 165. The molecule has 0 radical (unpaired) electrons. The van der Waals surface area contributed by atoms with Gasteiger partial charge in [-0.1, -0.05) is 70.4 Å². The predicted octanol–water partition coefficient (Wildman–Crippen LogP) is 14.5. The van der Waals surface area contributed by atoms with E-state index in [0.717, 1.165) is 44.8 Å². The Morgan fingerprint density at radius 2 is 1.03 bits per heavy atom. The first-order chi connectivity index (χ1) is 34.2. The normalized spacial score (nSPS) is 12.6. The molecule has 0 saturated heterocycles. The zero-order valence-electron chi connectivity index (χ0n) is 39.4. The fourth-order valence-electron chi connectivity index (χ4n) is 7.81. The maximum atomic E-state index is 13.9. The van der Waals surface area contributed by atoms with E-state index in [-0.39, 0.29) is 71.0 Å². The minimum absolute atomic E-state index is 0.0305. The number of hydrogen-bond donors (Lipinski definition) is 0. The molecule has 0 bridgehead atoms. The molecule has 0 N–H and O–H groups in total. The number of hydrogen-bond acceptors (Lipinski definition) is 10. The van der Waals surface area contributed by atoms with E-state index in [1.807, 2.05) is 13.8 Å². The van der Waals surface area contributed by atoms with Gasteiger partial charge in [0.05, 0.1) is 43.3 Å². The first-order valence-corrected chi connectivity index (χ1v) is 23.3. The number of fused-ring (bicyclic) bond motifs is 2. The second-order valence-corrected chi connectivity index (χ2v) is 16.9. The van der Waals surface area contributed by atoms with Crippen LogP contribution in [0.4, 0.5) is 39.5 Å². The molecule has 0 amide bonds. The Morgan fingerprint density at radius 3 is 1.43 bits per heavy atom. The molecule has 6 aromatic rings. The number of benzene rings is 4. The van der Waals surface area contributed by atoms with Gasteiger partial charge in [0.15, 0.2) is 0 Å². The van der Waals surface area contributed by atoms with Crippen molar-refractivity contribution in [3.05, 3.63) is 130 Å². The Bertz CT molecular complexity index is 2690. The highest BCUT2D eigenvalue weighted by Crippen LogP contribution is 2.38. The minimum atomic E-state index is -5.03. The van der Waals surface area contributed by atoms with Crippen molar-refractivity contribution in [2.75, 3.05) is 26.4 Å². The Kier molecular flexibility index (Phi) is 18.7. The smallest absolute Gasteiger partial charge is 0.501 e. The lowest BCUT2D eigenvalue weighted by molar-refractivity contribution is -0.275. The SMILES string of the molecule is C=COCC(COC(CCOc1ccc2cc(-c3ccc(CCCCC)cc3OC(F)(F)F)c(=O)oc2c1)CCOc1ccc2cc(-c3ccc(CCCCC)cc3OC(F)(F)F)c(=O)oc2c1)C(F)(F)F. The van der Waals surface area contributed by atoms with Crippen molar-refractivity contribution in [1.82, 2.24) is 0 Å². The molecule has 10 nitrogen and oxygen atoms in total. The van der Waals surface area contributed by atoms with Gasteiger partial charge in [-0.05, 0) is 85.3 Å². The lowest BCUT2D eigenvalue weighted by Crippen LogP contribution is -2.33. The van der Waals surface area contributed by atoms with Crippen molar-refractivity contribution >= 4 is 21.9 Å². The van der Waals surface area contributed by atoms with Crippen LogP contribution in [-0.4, -0.2) is 51.4 Å². The maximum Gasteiger partial charge on any atom is 0.573 e. The van der Waals surface area contributed by atoms with Crippen LogP contribution in [0.1, 0.15) is 76.3 Å². The van der Waals surface area contributed by atoms with Gasteiger partial charge < -0.3 is 37.3 Å². The molecule has 0 aliphatic heterocycles. The third-order valence-electron chi connectivity index (χ3n) is 11.5. The summed E-state index contributed by atoms with van der Waals surface area (Å²) in [5.74, 6) is -2.71. The van der Waals surface area contributed by atoms with Crippen molar-refractivity contribution in [2.24, 2.45) is 5.92 Å². The summed E-state index contributed by atoms with van der Waals surface area (Å²) in [6.45, 7) is 5.54. The van der Waals surface area contributed by atoms with Crippen molar-refractivity contribution < 1.29 is 76.8 Å². The summed E-state index contributed by atoms with van der Waals surface area (Å²) in [6.07, 6.45) is -8.53. The van der Waals surface area contributed by atoms with Gasteiger partial charge in [-0.3, -0.25) is 0 Å². The van der Waals surface area contributed by atoms with Gasteiger partial charge in [-0.15, -0.1) is 26.3 Å². The van der Waals surface area contributed by atoms with Crippen LogP contribution in [0.15, 0.2) is 116 Å². The first kappa shape index (κ1) is 54.7. The third kappa shape index (κ3) is 15.9.